The molecule has 0 saturated heterocycles. The standard InChI is InChI=1S/C15H18N2O7/c1-5-24-14(20)8-9(11(18)15(21)23-4)17-7-6-16(2)13(19)10(17)12(8)22-3/h5-7H2,1-4H3. The number of methoxy groups -OCH3 is 2. The molecule has 0 N–H and O–H groups in total. The van der Waals surface area contributed by atoms with Crippen LogP contribution >= 0.6 is 0 Å². The molecule has 1 aliphatic rings. The van der Waals surface area contributed by atoms with Crippen molar-refractivity contribution in [1.82, 2.24) is 9.47 Å². The van der Waals surface area contributed by atoms with E-state index in [4.69, 9.17) is 9.47 Å². The molecule has 0 bridgehead atoms. The Balaban J connectivity index is 2.78. The summed E-state index contributed by atoms with van der Waals surface area (Å²) in [7, 11) is 3.91. The molecular formula is C15H18N2O7. The predicted octanol–water partition coefficient (Wildman–Crippen LogP) is 0.115. The number of hydrogen-bond donors (Lipinski definition) is 0. The van der Waals surface area contributed by atoms with Crippen LogP contribution in [0, 0.1) is 0 Å². The second-order valence-corrected chi connectivity index (χ2v) is 5.02. The van der Waals surface area contributed by atoms with Crippen molar-refractivity contribution in [2.75, 3.05) is 34.4 Å². The third-order valence-corrected chi connectivity index (χ3v) is 3.70. The van der Waals surface area contributed by atoms with E-state index in [-0.39, 0.29) is 35.9 Å². The molecule has 0 aliphatic carbocycles. The first-order valence-corrected chi connectivity index (χ1v) is 7.24. The van der Waals surface area contributed by atoms with E-state index < -0.39 is 23.6 Å². The SMILES string of the molecule is CCOC(=O)c1c(OC)c2n(c1C(=O)C(=O)OC)CCN(C)C2=O. The molecule has 0 unspecified atom stereocenters. The molecule has 9 heteroatoms. The molecule has 0 aromatic carbocycles. The second-order valence-electron chi connectivity index (χ2n) is 5.02. The number of hydrogen-bond acceptors (Lipinski definition) is 7. The highest BCUT2D eigenvalue weighted by atomic mass is 16.5. The summed E-state index contributed by atoms with van der Waals surface area (Å²) < 4.78 is 15.9. The molecule has 2 rings (SSSR count). The first-order valence-electron chi connectivity index (χ1n) is 7.24. The van der Waals surface area contributed by atoms with Gasteiger partial charge in [-0.1, -0.05) is 0 Å². The fourth-order valence-corrected chi connectivity index (χ4v) is 2.58. The van der Waals surface area contributed by atoms with E-state index in [9.17, 15) is 19.2 Å². The van der Waals surface area contributed by atoms with Gasteiger partial charge in [-0.3, -0.25) is 9.59 Å². The van der Waals surface area contributed by atoms with Crippen LogP contribution in [0.25, 0.3) is 0 Å². The van der Waals surface area contributed by atoms with Crippen molar-refractivity contribution >= 4 is 23.6 Å². The summed E-state index contributed by atoms with van der Waals surface area (Å²) in [5.41, 5.74) is -0.469. The smallest absolute Gasteiger partial charge is 0.381 e. The van der Waals surface area contributed by atoms with E-state index in [0.717, 1.165) is 7.11 Å². The lowest BCUT2D eigenvalue weighted by atomic mass is 10.1. The van der Waals surface area contributed by atoms with Crippen molar-refractivity contribution < 1.29 is 33.4 Å². The largest absolute Gasteiger partial charge is 0.493 e. The molecule has 1 aromatic rings. The van der Waals surface area contributed by atoms with Gasteiger partial charge in [0.1, 0.15) is 11.3 Å². The Morgan fingerprint density at radius 1 is 1.17 bits per heavy atom. The zero-order valence-corrected chi connectivity index (χ0v) is 13.9. The lowest BCUT2D eigenvalue weighted by Crippen LogP contribution is -2.38. The van der Waals surface area contributed by atoms with Gasteiger partial charge in [0.25, 0.3) is 11.7 Å². The summed E-state index contributed by atoms with van der Waals surface area (Å²) in [6, 6.07) is 0. The minimum Gasteiger partial charge on any atom is -0.493 e. The number of likely N-dealkylation sites (N-methyl/N-ethyl adjacent to an activating group) is 1. The average molecular weight is 338 g/mol. The van der Waals surface area contributed by atoms with Crippen molar-refractivity contribution in [2.24, 2.45) is 0 Å². The lowest BCUT2D eigenvalue weighted by Gasteiger charge is -2.25. The summed E-state index contributed by atoms with van der Waals surface area (Å²) in [6.07, 6.45) is 0. The van der Waals surface area contributed by atoms with Gasteiger partial charge in [-0.15, -0.1) is 0 Å². The van der Waals surface area contributed by atoms with E-state index >= 15 is 0 Å². The number of amides is 1. The van der Waals surface area contributed by atoms with Crippen LogP contribution in [0.2, 0.25) is 0 Å². The number of ketones is 1. The molecule has 9 nitrogen and oxygen atoms in total. The van der Waals surface area contributed by atoms with E-state index in [1.165, 1.54) is 16.6 Å². The fourth-order valence-electron chi connectivity index (χ4n) is 2.58. The van der Waals surface area contributed by atoms with Gasteiger partial charge in [0, 0.05) is 20.1 Å². The quantitative estimate of drug-likeness (QED) is 0.426. The van der Waals surface area contributed by atoms with Crippen molar-refractivity contribution in [1.29, 1.82) is 0 Å². The molecular weight excluding hydrogens is 320 g/mol. The van der Waals surface area contributed by atoms with Crippen LogP contribution in [-0.2, 0) is 20.8 Å². The van der Waals surface area contributed by atoms with Gasteiger partial charge in [-0.05, 0) is 6.92 Å². The summed E-state index contributed by atoms with van der Waals surface area (Å²) in [5.74, 6) is -3.54. The monoisotopic (exact) mass is 338 g/mol. The van der Waals surface area contributed by atoms with Gasteiger partial charge in [0.05, 0.1) is 20.8 Å². The highest BCUT2D eigenvalue weighted by Gasteiger charge is 2.40. The van der Waals surface area contributed by atoms with Gasteiger partial charge in [0.2, 0.25) is 0 Å². The van der Waals surface area contributed by atoms with Crippen LogP contribution in [0.1, 0.15) is 38.3 Å². The first-order chi connectivity index (χ1) is 11.4. The number of rotatable bonds is 5. The van der Waals surface area contributed by atoms with Gasteiger partial charge in [0.15, 0.2) is 11.4 Å². The van der Waals surface area contributed by atoms with Crippen LogP contribution in [0.3, 0.4) is 0 Å². The zero-order chi connectivity index (χ0) is 18.0. The van der Waals surface area contributed by atoms with Crippen LogP contribution in [0.15, 0.2) is 0 Å². The Kier molecular flexibility index (Phi) is 4.91. The maximum atomic E-state index is 12.4. The third kappa shape index (κ3) is 2.61. The highest BCUT2D eigenvalue weighted by Crippen LogP contribution is 2.34. The number of ether oxygens (including phenoxy) is 3. The van der Waals surface area contributed by atoms with Crippen LogP contribution in [-0.4, -0.2) is 67.5 Å². The fraction of sp³-hybridized carbons (Fsp3) is 0.467. The molecule has 24 heavy (non-hydrogen) atoms. The number of carbonyl (C=O) groups excluding carboxylic acids is 4. The number of aromatic nitrogens is 1. The third-order valence-electron chi connectivity index (χ3n) is 3.70. The maximum Gasteiger partial charge on any atom is 0.381 e. The summed E-state index contributed by atoms with van der Waals surface area (Å²) >= 11 is 0. The van der Waals surface area contributed by atoms with Crippen molar-refractivity contribution in [3.63, 3.8) is 0 Å². The number of fused-ring (bicyclic) bond motifs is 1. The highest BCUT2D eigenvalue weighted by molar-refractivity contribution is 6.42. The molecule has 1 amide bonds. The lowest BCUT2D eigenvalue weighted by molar-refractivity contribution is -0.135. The molecule has 1 aromatic heterocycles. The van der Waals surface area contributed by atoms with Gasteiger partial charge in [-0.25, -0.2) is 9.59 Å². The molecule has 0 atom stereocenters. The minimum atomic E-state index is -1.14. The van der Waals surface area contributed by atoms with Gasteiger partial charge >= 0.3 is 11.9 Å². The normalized spacial score (nSPS) is 13.3. The summed E-state index contributed by atoms with van der Waals surface area (Å²) in [5, 5.41) is 0. The maximum absolute atomic E-state index is 12.4. The molecule has 0 spiro atoms. The number of nitrogens with zero attached hydrogens (tertiary/aromatic N) is 2. The summed E-state index contributed by atoms with van der Waals surface area (Å²) in [6.45, 7) is 2.20. The zero-order valence-electron chi connectivity index (χ0n) is 13.9. The molecule has 2 heterocycles. The van der Waals surface area contributed by atoms with E-state index in [1.54, 1.807) is 14.0 Å². The summed E-state index contributed by atoms with van der Waals surface area (Å²) in [4.78, 5) is 50.3. The Bertz CT molecular complexity index is 720. The Morgan fingerprint density at radius 3 is 2.38 bits per heavy atom. The van der Waals surface area contributed by atoms with Crippen molar-refractivity contribution in [2.45, 2.75) is 13.5 Å². The second kappa shape index (κ2) is 6.73. The number of Topliss-reactive ketones (excluding diaryl/α,β-unsaturated/α-hetero) is 1. The van der Waals surface area contributed by atoms with Crippen LogP contribution < -0.4 is 4.74 Å². The first kappa shape index (κ1) is 17.5. The van der Waals surface area contributed by atoms with Crippen molar-refractivity contribution in [3.05, 3.63) is 17.0 Å². The Labute approximate surface area is 138 Å². The average Bonchev–Trinajstić information content (AvgIpc) is 2.91. The predicted molar refractivity (Wildman–Crippen MR) is 80.2 cm³/mol. The van der Waals surface area contributed by atoms with Crippen LogP contribution in [0.5, 0.6) is 5.75 Å². The molecule has 0 saturated carbocycles. The number of carbonyl (C=O) groups is 4. The Morgan fingerprint density at radius 2 is 1.83 bits per heavy atom. The molecule has 0 radical (unpaired) electrons. The topological polar surface area (TPSA) is 104 Å². The molecule has 1 aliphatic heterocycles. The van der Waals surface area contributed by atoms with Gasteiger partial charge in [-0.2, -0.15) is 0 Å². The van der Waals surface area contributed by atoms with E-state index in [1.807, 2.05) is 0 Å². The van der Waals surface area contributed by atoms with Crippen molar-refractivity contribution in [3.8, 4) is 5.75 Å². The van der Waals surface area contributed by atoms with Crippen LogP contribution in [0.4, 0.5) is 0 Å². The Hall–Kier alpha value is -2.84. The number of esters is 2. The van der Waals surface area contributed by atoms with Gasteiger partial charge < -0.3 is 23.7 Å². The minimum absolute atomic E-state index is 0.0292. The van der Waals surface area contributed by atoms with E-state index in [2.05, 4.69) is 4.74 Å². The van der Waals surface area contributed by atoms with E-state index in [0.29, 0.717) is 6.54 Å². The molecule has 0 fully saturated rings. The molecule has 130 valence electrons.